The molecule has 0 saturated heterocycles. The van der Waals surface area contributed by atoms with Crippen molar-refractivity contribution in [2.75, 3.05) is 32.7 Å². The summed E-state index contributed by atoms with van der Waals surface area (Å²) in [5.41, 5.74) is 2.18. The molecular formula is C37H44N2O13S. The number of hydrogen-bond donors (Lipinski definition) is 5. The molecule has 53 heavy (non-hydrogen) atoms. The highest BCUT2D eigenvalue weighted by Crippen LogP contribution is 2.44. The average molecular weight is 757 g/mol. The summed E-state index contributed by atoms with van der Waals surface area (Å²) in [4.78, 5) is 60.0. The molecule has 0 heterocycles. The van der Waals surface area contributed by atoms with Crippen LogP contribution in [0, 0.1) is 12.8 Å². The third-order valence-corrected chi connectivity index (χ3v) is 9.73. The minimum Gasteiger partial charge on any atom is -0.744 e. The monoisotopic (exact) mass is 756 g/mol. The number of carboxylic acid groups (broad SMARTS) is 4. The number of phenolic OH excluding ortho intramolecular Hbond substituents is 1. The summed E-state index contributed by atoms with van der Waals surface area (Å²) in [5.74, 6) is -6.53. The number of carbonyl (C=O) groups is 4. The molecule has 16 heteroatoms. The lowest BCUT2D eigenvalue weighted by Crippen LogP contribution is -2.38. The van der Waals surface area contributed by atoms with Gasteiger partial charge >= 0.3 is 29.7 Å². The van der Waals surface area contributed by atoms with E-state index in [4.69, 9.17) is 0 Å². The number of carbonyl (C=O) groups excluding carboxylic acids is 1. The fraction of sp³-hybridized carbons (Fsp3) is 0.378. The molecule has 0 amide bonds. The molecule has 0 unspecified atom stereocenters. The highest BCUT2D eigenvalue weighted by molar-refractivity contribution is 7.85. The van der Waals surface area contributed by atoms with Crippen LogP contribution in [0.15, 0.2) is 63.6 Å². The van der Waals surface area contributed by atoms with E-state index >= 15 is 0 Å². The van der Waals surface area contributed by atoms with Crippen LogP contribution in [0.2, 0.25) is 0 Å². The molecule has 1 aliphatic carbocycles. The Morgan fingerprint density at radius 3 is 1.74 bits per heavy atom. The number of aromatic hydroxyl groups is 1. The molecule has 0 atom stereocenters. The van der Waals surface area contributed by atoms with E-state index in [9.17, 15) is 62.5 Å². The summed E-state index contributed by atoms with van der Waals surface area (Å²) >= 11 is 0. The largest absolute Gasteiger partial charge is 0.744 e. The SMILES string of the molecule is CC1=C(CN(CC(=O)O)CC(=O)O)C(=[OH+])C(C(C)C)=C/C1=C(\c1ccccc1S(=O)(=O)[O-])c1cc(C(C)C)c(O)c(CN(CC(=O)O)CC(=O)O)c1C. The lowest BCUT2D eigenvalue weighted by molar-refractivity contribution is -0.143. The Balaban J connectivity index is 2.64. The Hall–Kier alpha value is -5.16. The topological polar surface area (TPSA) is 255 Å². The summed E-state index contributed by atoms with van der Waals surface area (Å²) in [7, 11) is -5.15. The third kappa shape index (κ3) is 10.3. The van der Waals surface area contributed by atoms with Crippen molar-refractivity contribution in [1.29, 1.82) is 0 Å². The summed E-state index contributed by atoms with van der Waals surface area (Å²) in [6.07, 6.45) is 1.60. The fourth-order valence-corrected chi connectivity index (χ4v) is 7.04. The number of nitrogens with zero attached hydrogens (tertiary/aromatic N) is 2. The Labute approximate surface area is 306 Å². The number of hydrogen-bond acceptors (Lipinski definition) is 10. The highest BCUT2D eigenvalue weighted by atomic mass is 32.2. The van der Waals surface area contributed by atoms with Gasteiger partial charge in [0.1, 0.15) is 15.9 Å². The highest BCUT2D eigenvalue weighted by Gasteiger charge is 2.35. The first-order valence-electron chi connectivity index (χ1n) is 16.5. The molecule has 0 radical (unpaired) electrons. The van der Waals surface area contributed by atoms with Gasteiger partial charge < -0.3 is 30.1 Å². The summed E-state index contributed by atoms with van der Waals surface area (Å²) < 4.78 is 38.4. The van der Waals surface area contributed by atoms with Crippen molar-refractivity contribution in [3.63, 3.8) is 0 Å². The lowest BCUT2D eigenvalue weighted by atomic mass is 9.77. The zero-order chi connectivity index (χ0) is 40.1. The third-order valence-electron chi connectivity index (χ3n) is 8.84. The average Bonchev–Trinajstić information content (AvgIpc) is 3.01. The van der Waals surface area contributed by atoms with Crippen LogP contribution >= 0.6 is 0 Å². The molecule has 15 nitrogen and oxygen atoms in total. The molecule has 0 spiro atoms. The lowest BCUT2D eigenvalue weighted by Gasteiger charge is -2.29. The maximum absolute atomic E-state index is 12.8. The molecule has 2 aromatic rings. The van der Waals surface area contributed by atoms with E-state index in [1.165, 1.54) is 18.2 Å². The number of benzene rings is 2. The standard InChI is InChI=1S/C37H44N2O13S/c1-19(2)24-11-26(21(5)28(36(24)48)13-38(15-31(40)41)16-32(42)43)35(23-9-7-8-10-30(23)53(50,51)52)27-12-25(20(3)4)37(49)29(22(27)6)14-39(17-33(44)45)18-34(46)47/h7-12,19-20,48H,13-18H2,1-6H3,(H,40,41)(H,42,43)(H,44,45)(H,46,47)(H,50,51,52)/b35-27-. The van der Waals surface area contributed by atoms with Gasteiger partial charge in [0.25, 0.3) is 0 Å². The van der Waals surface area contributed by atoms with Crippen molar-refractivity contribution in [2.45, 2.75) is 58.9 Å². The smallest absolute Gasteiger partial charge is 0.348 e. The van der Waals surface area contributed by atoms with Crippen molar-refractivity contribution in [1.82, 2.24) is 9.80 Å². The second kappa shape index (κ2) is 17.1. The van der Waals surface area contributed by atoms with E-state index in [1.807, 2.05) is 0 Å². The molecule has 3 rings (SSSR count). The van der Waals surface area contributed by atoms with Gasteiger partial charge in [0.2, 0.25) is 0 Å². The molecule has 286 valence electrons. The van der Waals surface area contributed by atoms with Gasteiger partial charge in [-0.15, -0.1) is 0 Å². The number of allylic oxidation sites excluding steroid dienone is 4. The van der Waals surface area contributed by atoms with E-state index in [1.54, 1.807) is 53.7 Å². The number of ketones is 1. The van der Waals surface area contributed by atoms with Crippen LogP contribution < -0.4 is 0 Å². The molecule has 0 aliphatic heterocycles. The minimum absolute atomic E-state index is 0.0627. The maximum atomic E-state index is 12.8. The first-order valence-corrected chi connectivity index (χ1v) is 17.9. The zero-order valence-electron chi connectivity index (χ0n) is 30.2. The number of phenols is 1. The fourth-order valence-electron chi connectivity index (χ4n) is 6.35. The quantitative estimate of drug-likeness (QED) is 0.115. The van der Waals surface area contributed by atoms with Gasteiger partial charge in [-0.3, -0.25) is 33.8 Å². The van der Waals surface area contributed by atoms with Gasteiger partial charge in [0.15, 0.2) is 0 Å². The molecule has 0 fully saturated rings. The van der Waals surface area contributed by atoms with Crippen LogP contribution in [0.25, 0.3) is 5.57 Å². The van der Waals surface area contributed by atoms with Crippen LogP contribution in [0.3, 0.4) is 0 Å². The first-order chi connectivity index (χ1) is 24.5. The van der Waals surface area contributed by atoms with Crippen LogP contribution in [-0.4, -0.2) is 115 Å². The maximum Gasteiger partial charge on any atom is 0.348 e. The number of carboxylic acids is 4. The molecule has 0 saturated carbocycles. The molecule has 0 bridgehead atoms. The molecule has 2 aromatic carbocycles. The van der Waals surface area contributed by atoms with Crippen LogP contribution in [0.5, 0.6) is 5.75 Å². The van der Waals surface area contributed by atoms with Gasteiger partial charge in [-0.2, -0.15) is 0 Å². The van der Waals surface area contributed by atoms with Crippen LogP contribution in [-0.2, 0) is 35.8 Å². The van der Waals surface area contributed by atoms with Gasteiger partial charge in [0.05, 0.1) is 42.2 Å². The second-order valence-corrected chi connectivity index (χ2v) is 14.8. The van der Waals surface area contributed by atoms with Crippen molar-refractivity contribution in [3.8, 4) is 5.75 Å². The van der Waals surface area contributed by atoms with Crippen LogP contribution in [0.4, 0.5) is 0 Å². The van der Waals surface area contributed by atoms with Crippen molar-refractivity contribution in [3.05, 3.63) is 86.5 Å². The van der Waals surface area contributed by atoms with Crippen LogP contribution in [0.1, 0.15) is 68.4 Å². The molecule has 6 N–H and O–H groups in total. The predicted molar refractivity (Wildman–Crippen MR) is 192 cm³/mol. The van der Waals surface area contributed by atoms with E-state index < -0.39 is 65.1 Å². The molecule has 0 aromatic heterocycles. The second-order valence-electron chi connectivity index (χ2n) is 13.4. The first kappa shape index (κ1) is 42.3. The van der Waals surface area contributed by atoms with Gasteiger partial charge in [-0.05, 0) is 77.3 Å². The predicted octanol–water partition coefficient (Wildman–Crippen LogP) is 3.43. The summed E-state index contributed by atoms with van der Waals surface area (Å²) in [5, 5.41) is 49.7. The minimum atomic E-state index is -5.15. The van der Waals surface area contributed by atoms with Crippen molar-refractivity contribution >= 4 is 45.4 Å². The van der Waals surface area contributed by atoms with E-state index in [0.29, 0.717) is 22.3 Å². The Morgan fingerprint density at radius 2 is 1.28 bits per heavy atom. The number of rotatable bonds is 17. The van der Waals surface area contributed by atoms with E-state index in [2.05, 4.69) is 0 Å². The Kier molecular flexibility index (Phi) is 13.6. The van der Waals surface area contributed by atoms with Gasteiger partial charge in [-0.25, -0.2) is 8.42 Å². The molecule has 1 aliphatic rings. The zero-order valence-corrected chi connectivity index (χ0v) is 31.0. The van der Waals surface area contributed by atoms with Crippen molar-refractivity contribution in [2.24, 2.45) is 5.92 Å². The summed E-state index contributed by atoms with van der Waals surface area (Å²) in [6, 6.07) is 7.00. The van der Waals surface area contributed by atoms with E-state index in [0.717, 1.165) is 15.9 Å². The van der Waals surface area contributed by atoms with E-state index in [-0.39, 0.29) is 69.9 Å². The van der Waals surface area contributed by atoms with Gasteiger partial charge in [-0.1, -0.05) is 45.9 Å². The van der Waals surface area contributed by atoms with Gasteiger partial charge in [0, 0.05) is 24.2 Å². The Morgan fingerprint density at radius 1 is 0.792 bits per heavy atom. The number of aliphatic carboxylic acids is 4. The normalized spacial score (nSPS) is 14.7. The Bertz CT molecular complexity index is 2010. The van der Waals surface area contributed by atoms with Crippen molar-refractivity contribution < 1.29 is 62.5 Å². The molecular weight excluding hydrogens is 712 g/mol. The summed E-state index contributed by atoms with van der Waals surface area (Å²) in [6.45, 7) is 6.73.